The number of unbranched alkanes of at least 4 members (excludes halogenated alkanes) is 1. The molecule has 0 saturated heterocycles. The van der Waals surface area contributed by atoms with E-state index in [-0.39, 0.29) is 18.0 Å². The van der Waals surface area contributed by atoms with E-state index in [0.717, 1.165) is 0 Å². The molecule has 0 aliphatic heterocycles. The number of hydrogen-bond donors (Lipinski definition) is 2. The minimum atomic E-state index is -1.28. The largest absolute Gasteiger partial charge is 0.487 e. The number of rotatable bonds is 8. The van der Waals surface area contributed by atoms with Crippen LogP contribution in [0.4, 0.5) is 5.69 Å². The molecule has 0 aliphatic rings. The van der Waals surface area contributed by atoms with Crippen LogP contribution in [0, 0.1) is 10.1 Å². The zero-order valence-corrected chi connectivity index (χ0v) is 12.3. The van der Waals surface area contributed by atoms with Gasteiger partial charge < -0.3 is 15.6 Å². The average Bonchev–Trinajstić information content (AvgIpc) is 2.37. The number of carbonyl (C=O) groups is 1. The molecule has 0 heterocycles. The highest BCUT2D eigenvalue weighted by Gasteiger charge is 2.26. The monoisotopic (exact) mass is 316 g/mol. The molecule has 0 aromatic heterocycles. The molecule has 0 aliphatic carbocycles. The average molecular weight is 317 g/mol. The highest BCUT2D eigenvalue weighted by molar-refractivity contribution is 6.30. The van der Waals surface area contributed by atoms with E-state index in [1.165, 1.54) is 25.1 Å². The Hall–Kier alpha value is -1.86. The van der Waals surface area contributed by atoms with Crippen LogP contribution >= 0.6 is 11.6 Å². The summed E-state index contributed by atoms with van der Waals surface area (Å²) in [7, 11) is 0. The van der Waals surface area contributed by atoms with Gasteiger partial charge in [0.1, 0.15) is 5.54 Å². The summed E-state index contributed by atoms with van der Waals surface area (Å²) in [5.74, 6) is -0.963. The van der Waals surface area contributed by atoms with Crippen LogP contribution in [-0.4, -0.2) is 28.1 Å². The number of nitrogens with two attached hydrogens (primary N) is 1. The Balaban J connectivity index is 2.48. The van der Waals surface area contributed by atoms with Gasteiger partial charge in [0, 0.05) is 17.2 Å². The third-order valence-electron chi connectivity index (χ3n) is 2.96. The fourth-order valence-corrected chi connectivity index (χ4v) is 1.80. The molecule has 1 rings (SSSR count). The molecule has 8 heteroatoms. The van der Waals surface area contributed by atoms with Gasteiger partial charge in [0.25, 0.3) is 0 Å². The Bertz CT molecular complexity index is 533. The fourth-order valence-electron chi connectivity index (χ4n) is 1.64. The van der Waals surface area contributed by atoms with Gasteiger partial charge in [-0.3, -0.25) is 14.9 Å². The van der Waals surface area contributed by atoms with Crippen LogP contribution in [0.1, 0.15) is 26.2 Å². The minimum Gasteiger partial charge on any atom is -0.487 e. The first-order chi connectivity index (χ1) is 9.74. The molecule has 3 N–H and O–H groups in total. The Labute approximate surface area is 126 Å². The molecule has 1 aromatic rings. The number of carboxylic acid groups (broad SMARTS) is 1. The standard InChI is InChI=1S/C13H17ClN2O5/c1-13(15,12(17)18)6-2-3-7-21-11-8-9(14)4-5-10(11)16(19)20/h4-5,8H,2-3,6-7,15H2,1H3,(H,17,18). The SMILES string of the molecule is CC(N)(CCCCOc1cc(Cl)ccc1[N+](=O)[O-])C(=O)O. The molecule has 0 radical (unpaired) electrons. The lowest BCUT2D eigenvalue weighted by Gasteiger charge is -2.18. The smallest absolute Gasteiger partial charge is 0.323 e. The van der Waals surface area contributed by atoms with Crippen LogP contribution in [0.2, 0.25) is 5.02 Å². The predicted octanol–water partition coefficient (Wildman–Crippen LogP) is 2.60. The van der Waals surface area contributed by atoms with E-state index >= 15 is 0 Å². The lowest BCUT2D eigenvalue weighted by atomic mass is 9.97. The van der Waals surface area contributed by atoms with Gasteiger partial charge >= 0.3 is 11.7 Å². The second-order valence-corrected chi connectivity index (χ2v) is 5.33. The second-order valence-electron chi connectivity index (χ2n) is 4.90. The van der Waals surface area contributed by atoms with Crippen LogP contribution in [0.25, 0.3) is 0 Å². The molecule has 1 aromatic carbocycles. The summed E-state index contributed by atoms with van der Waals surface area (Å²) >= 11 is 5.77. The van der Waals surface area contributed by atoms with Gasteiger partial charge in [-0.15, -0.1) is 0 Å². The van der Waals surface area contributed by atoms with Crippen molar-refractivity contribution in [2.75, 3.05) is 6.61 Å². The number of nitro groups is 1. The molecule has 0 spiro atoms. The first-order valence-corrected chi connectivity index (χ1v) is 6.71. The predicted molar refractivity (Wildman–Crippen MR) is 77.7 cm³/mol. The van der Waals surface area contributed by atoms with Crippen molar-refractivity contribution in [3.63, 3.8) is 0 Å². The zero-order chi connectivity index (χ0) is 16.0. The summed E-state index contributed by atoms with van der Waals surface area (Å²) in [6.07, 6.45) is 1.36. The normalized spacial score (nSPS) is 13.5. The quantitative estimate of drug-likeness (QED) is 0.432. The minimum absolute atomic E-state index is 0.0984. The number of halogens is 1. The Morgan fingerprint density at radius 2 is 2.19 bits per heavy atom. The molecule has 0 bridgehead atoms. The van der Waals surface area contributed by atoms with Gasteiger partial charge in [-0.25, -0.2) is 0 Å². The number of carboxylic acids is 1. The van der Waals surface area contributed by atoms with Crippen LogP contribution in [0.5, 0.6) is 5.75 Å². The van der Waals surface area contributed by atoms with Crippen molar-refractivity contribution >= 4 is 23.3 Å². The highest BCUT2D eigenvalue weighted by Crippen LogP contribution is 2.30. The summed E-state index contributed by atoms with van der Waals surface area (Å²) in [5.41, 5.74) is 4.16. The first kappa shape index (κ1) is 17.2. The van der Waals surface area contributed by atoms with E-state index in [1.807, 2.05) is 0 Å². The molecule has 116 valence electrons. The molecule has 1 unspecified atom stereocenters. The third kappa shape index (κ3) is 5.20. The number of ether oxygens (including phenoxy) is 1. The lowest BCUT2D eigenvalue weighted by Crippen LogP contribution is -2.44. The topological polar surface area (TPSA) is 116 Å². The van der Waals surface area contributed by atoms with Gasteiger partial charge in [-0.1, -0.05) is 11.6 Å². The maximum absolute atomic E-state index is 10.8. The number of hydrogen-bond acceptors (Lipinski definition) is 5. The number of nitro benzene ring substituents is 1. The molecule has 21 heavy (non-hydrogen) atoms. The zero-order valence-electron chi connectivity index (χ0n) is 11.5. The summed E-state index contributed by atoms with van der Waals surface area (Å²) < 4.78 is 5.34. The number of benzene rings is 1. The lowest BCUT2D eigenvalue weighted by molar-refractivity contribution is -0.385. The van der Waals surface area contributed by atoms with Crippen molar-refractivity contribution < 1.29 is 19.6 Å². The van der Waals surface area contributed by atoms with Crippen molar-refractivity contribution in [3.8, 4) is 5.75 Å². The summed E-state index contributed by atoms with van der Waals surface area (Å²) in [6.45, 7) is 1.66. The van der Waals surface area contributed by atoms with Gasteiger partial charge in [0.05, 0.1) is 11.5 Å². The molecule has 0 fully saturated rings. The molecule has 0 saturated carbocycles. The molecule has 7 nitrogen and oxygen atoms in total. The molecular weight excluding hydrogens is 300 g/mol. The second kappa shape index (κ2) is 7.24. The summed E-state index contributed by atoms with van der Waals surface area (Å²) in [5, 5.41) is 20.0. The van der Waals surface area contributed by atoms with Crippen LogP contribution in [0.3, 0.4) is 0 Å². The maximum Gasteiger partial charge on any atom is 0.323 e. The van der Waals surface area contributed by atoms with Crippen molar-refractivity contribution in [2.24, 2.45) is 5.73 Å². The Kier molecular flexibility index (Phi) is 5.92. The fraction of sp³-hybridized carbons (Fsp3) is 0.462. The van der Waals surface area contributed by atoms with Crippen molar-refractivity contribution in [2.45, 2.75) is 31.7 Å². The highest BCUT2D eigenvalue weighted by atomic mass is 35.5. The first-order valence-electron chi connectivity index (χ1n) is 6.33. The number of nitrogens with zero attached hydrogens (tertiary/aromatic N) is 1. The van der Waals surface area contributed by atoms with E-state index < -0.39 is 16.4 Å². The van der Waals surface area contributed by atoms with Crippen LogP contribution in [-0.2, 0) is 4.79 Å². The third-order valence-corrected chi connectivity index (χ3v) is 3.19. The van der Waals surface area contributed by atoms with Crippen molar-refractivity contribution in [1.82, 2.24) is 0 Å². The van der Waals surface area contributed by atoms with E-state index in [2.05, 4.69) is 0 Å². The van der Waals surface area contributed by atoms with Gasteiger partial charge in [0.2, 0.25) is 0 Å². The number of aliphatic carboxylic acids is 1. The molecule has 0 amide bonds. The summed E-state index contributed by atoms with van der Waals surface area (Å²) in [4.78, 5) is 21.1. The maximum atomic E-state index is 10.8. The van der Waals surface area contributed by atoms with E-state index in [0.29, 0.717) is 24.3 Å². The Morgan fingerprint density at radius 3 is 2.76 bits per heavy atom. The van der Waals surface area contributed by atoms with Gasteiger partial charge in [-0.2, -0.15) is 0 Å². The molecular formula is C13H17ClN2O5. The van der Waals surface area contributed by atoms with Crippen LogP contribution in [0.15, 0.2) is 18.2 Å². The van der Waals surface area contributed by atoms with E-state index in [9.17, 15) is 14.9 Å². The Morgan fingerprint density at radius 1 is 1.52 bits per heavy atom. The van der Waals surface area contributed by atoms with E-state index in [1.54, 1.807) is 0 Å². The molecule has 1 atom stereocenters. The van der Waals surface area contributed by atoms with E-state index in [4.69, 9.17) is 27.2 Å². The van der Waals surface area contributed by atoms with Crippen molar-refractivity contribution in [3.05, 3.63) is 33.3 Å². The van der Waals surface area contributed by atoms with Crippen LogP contribution < -0.4 is 10.5 Å². The summed E-state index contributed by atoms with van der Waals surface area (Å²) in [6, 6.07) is 4.07. The van der Waals surface area contributed by atoms with Crippen molar-refractivity contribution in [1.29, 1.82) is 0 Å². The van der Waals surface area contributed by atoms with Gasteiger partial charge in [0.15, 0.2) is 5.75 Å². The van der Waals surface area contributed by atoms with Gasteiger partial charge in [-0.05, 0) is 32.3 Å².